The Hall–Kier alpha value is -2.33. The van der Waals surface area contributed by atoms with E-state index in [1.165, 1.54) is 17.4 Å². The van der Waals surface area contributed by atoms with Crippen LogP contribution < -0.4 is 10.2 Å². The molecule has 0 aliphatic carbocycles. The summed E-state index contributed by atoms with van der Waals surface area (Å²) in [5.74, 6) is -0.452. The molecule has 0 bridgehead atoms. The van der Waals surface area contributed by atoms with Gasteiger partial charge in [-0.15, -0.1) is 0 Å². The highest BCUT2D eigenvalue weighted by atomic mass is 35.5. The minimum Gasteiger partial charge on any atom is -0.324 e. The molecule has 0 aliphatic rings. The van der Waals surface area contributed by atoms with Crippen LogP contribution in [0, 0.1) is 6.92 Å². The summed E-state index contributed by atoms with van der Waals surface area (Å²) in [4.78, 5) is 25.7. The molecule has 0 aromatic heterocycles. The number of rotatable bonds is 5. The first-order valence-corrected chi connectivity index (χ1v) is 8.22. The van der Waals surface area contributed by atoms with Crippen LogP contribution in [-0.2, 0) is 16.0 Å². The Morgan fingerprint density at radius 1 is 1.12 bits per heavy atom. The first kappa shape index (κ1) is 18.0. The summed E-state index contributed by atoms with van der Waals surface area (Å²) in [6.07, 6.45) is 0.925. The van der Waals surface area contributed by atoms with E-state index in [1.54, 1.807) is 18.2 Å². The van der Waals surface area contributed by atoms with Crippen molar-refractivity contribution in [3.8, 4) is 0 Å². The number of nitrogens with one attached hydrogen (secondary N) is 1. The number of amides is 2. The van der Waals surface area contributed by atoms with Crippen LogP contribution in [0.2, 0.25) is 5.02 Å². The van der Waals surface area contributed by atoms with Crippen LogP contribution in [0.3, 0.4) is 0 Å². The quantitative estimate of drug-likeness (QED) is 0.883. The number of nitrogens with zero attached hydrogens (tertiary/aromatic N) is 1. The van der Waals surface area contributed by atoms with Crippen molar-refractivity contribution in [1.82, 2.24) is 0 Å². The lowest BCUT2D eigenvalue weighted by Crippen LogP contribution is -2.36. The minimum atomic E-state index is -0.268. The van der Waals surface area contributed by atoms with Gasteiger partial charge in [0.1, 0.15) is 6.54 Å². The lowest BCUT2D eigenvalue weighted by Gasteiger charge is -2.21. The van der Waals surface area contributed by atoms with Crippen LogP contribution in [0.1, 0.15) is 25.0 Å². The fourth-order valence-corrected chi connectivity index (χ4v) is 2.55. The summed E-state index contributed by atoms with van der Waals surface area (Å²) < 4.78 is 0. The van der Waals surface area contributed by atoms with E-state index in [4.69, 9.17) is 11.6 Å². The fraction of sp³-hybridized carbons (Fsp3) is 0.263. The van der Waals surface area contributed by atoms with Crippen molar-refractivity contribution in [3.05, 3.63) is 58.6 Å². The van der Waals surface area contributed by atoms with Crippen LogP contribution in [0.15, 0.2) is 42.5 Å². The van der Waals surface area contributed by atoms with Crippen molar-refractivity contribution in [3.63, 3.8) is 0 Å². The molecular weight excluding hydrogens is 324 g/mol. The summed E-state index contributed by atoms with van der Waals surface area (Å²) in [5, 5.41) is 3.40. The van der Waals surface area contributed by atoms with E-state index in [0.29, 0.717) is 16.4 Å². The summed E-state index contributed by atoms with van der Waals surface area (Å²) in [6, 6.07) is 13.0. The van der Waals surface area contributed by atoms with Crippen molar-refractivity contribution in [2.75, 3.05) is 16.8 Å². The van der Waals surface area contributed by atoms with Crippen molar-refractivity contribution < 1.29 is 9.59 Å². The second kappa shape index (κ2) is 7.97. The Balaban J connectivity index is 2.13. The van der Waals surface area contributed by atoms with Gasteiger partial charge in [-0.25, -0.2) is 0 Å². The highest BCUT2D eigenvalue weighted by Crippen LogP contribution is 2.23. The Morgan fingerprint density at radius 3 is 2.38 bits per heavy atom. The van der Waals surface area contributed by atoms with E-state index in [1.807, 2.05) is 31.2 Å². The van der Waals surface area contributed by atoms with Gasteiger partial charge in [0.05, 0.1) is 0 Å². The van der Waals surface area contributed by atoms with Gasteiger partial charge in [-0.05, 0) is 48.7 Å². The maximum absolute atomic E-state index is 12.3. The van der Waals surface area contributed by atoms with Crippen molar-refractivity contribution >= 4 is 34.8 Å². The maximum atomic E-state index is 12.3. The number of carbonyl (C=O) groups excluding carboxylic acids is 2. The molecule has 0 radical (unpaired) electrons. The molecule has 0 atom stereocenters. The molecule has 5 heteroatoms. The number of benzene rings is 2. The predicted octanol–water partition coefficient (Wildman–Crippen LogP) is 4.20. The number of halogens is 1. The number of aryl methyl sites for hydroxylation is 1. The van der Waals surface area contributed by atoms with E-state index in [-0.39, 0.29) is 18.4 Å². The Morgan fingerprint density at radius 2 is 1.79 bits per heavy atom. The predicted molar refractivity (Wildman–Crippen MR) is 98.7 cm³/mol. The average Bonchev–Trinajstić information content (AvgIpc) is 2.57. The van der Waals surface area contributed by atoms with Gasteiger partial charge in [-0.3, -0.25) is 9.59 Å². The van der Waals surface area contributed by atoms with Gasteiger partial charge in [0.2, 0.25) is 11.8 Å². The summed E-state index contributed by atoms with van der Waals surface area (Å²) in [5.41, 5.74) is 3.34. The van der Waals surface area contributed by atoms with Crippen LogP contribution in [0.5, 0.6) is 0 Å². The second-order valence-corrected chi connectivity index (χ2v) is 5.99. The third-order valence-electron chi connectivity index (χ3n) is 3.88. The van der Waals surface area contributed by atoms with E-state index >= 15 is 0 Å². The van der Waals surface area contributed by atoms with Gasteiger partial charge in [0, 0.05) is 23.3 Å². The third kappa shape index (κ3) is 4.36. The normalized spacial score (nSPS) is 10.3. The largest absolute Gasteiger partial charge is 0.324 e. The molecule has 0 aliphatic heterocycles. The highest BCUT2D eigenvalue weighted by molar-refractivity contribution is 6.31. The van der Waals surface area contributed by atoms with Gasteiger partial charge in [0.25, 0.3) is 0 Å². The smallest absolute Gasteiger partial charge is 0.244 e. The first-order valence-electron chi connectivity index (χ1n) is 7.84. The number of hydrogen-bond donors (Lipinski definition) is 1. The second-order valence-electron chi connectivity index (χ2n) is 5.59. The highest BCUT2D eigenvalue weighted by Gasteiger charge is 2.16. The number of hydrogen-bond acceptors (Lipinski definition) is 2. The molecule has 2 rings (SSSR count). The molecule has 0 spiro atoms. The molecule has 24 heavy (non-hydrogen) atoms. The van der Waals surface area contributed by atoms with Crippen molar-refractivity contribution in [2.24, 2.45) is 0 Å². The molecule has 2 amide bonds. The Labute approximate surface area is 147 Å². The van der Waals surface area contributed by atoms with Gasteiger partial charge in [0.15, 0.2) is 0 Å². The van der Waals surface area contributed by atoms with E-state index in [9.17, 15) is 9.59 Å². The maximum Gasteiger partial charge on any atom is 0.244 e. The molecule has 2 aromatic carbocycles. The molecule has 1 N–H and O–H groups in total. The lowest BCUT2D eigenvalue weighted by molar-refractivity contribution is -0.120. The van der Waals surface area contributed by atoms with Crippen molar-refractivity contribution in [1.29, 1.82) is 0 Å². The van der Waals surface area contributed by atoms with Gasteiger partial charge in [-0.2, -0.15) is 0 Å². The lowest BCUT2D eigenvalue weighted by atomic mass is 10.1. The van der Waals surface area contributed by atoms with Gasteiger partial charge < -0.3 is 10.2 Å². The van der Waals surface area contributed by atoms with Crippen LogP contribution in [-0.4, -0.2) is 18.4 Å². The Bertz CT molecular complexity index is 742. The minimum absolute atomic E-state index is 0.0489. The van der Waals surface area contributed by atoms with Crippen LogP contribution in [0.25, 0.3) is 0 Å². The van der Waals surface area contributed by atoms with Gasteiger partial charge >= 0.3 is 0 Å². The topological polar surface area (TPSA) is 49.4 Å². The molecule has 0 fully saturated rings. The zero-order valence-corrected chi connectivity index (χ0v) is 14.9. The summed E-state index contributed by atoms with van der Waals surface area (Å²) >= 11 is 6.06. The first-order chi connectivity index (χ1) is 11.4. The standard InChI is InChI=1S/C19H21ClN2O2/c1-4-15-8-10-16(11-9-15)22(14(3)23)12-19(24)21-18-7-5-6-17(20)13(18)2/h5-11H,4,12H2,1-3H3,(H,21,24). The fourth-order valence-electron chi connectivity index (χ4n) is 2.37. The average molecular weight is 345 g/mol. The van der Waals surface area contributed by atoms with E-state index in [2.05, 4.69) is 12.2 Å². The third-order valence-corrected chi connectivity index (χ3v) is 4.29. The number of anilines is 2. The molecule has 4 nitrogen and oxygen atoms in total. The molecule has 0 heterocycles. The zero-order chi connectivity index (χ0) is 17.7. The summed E-state index contributed by atoms with van der Waals surface area (Å²) in [6.45, 7) is 5.31. The molecule has 2 aromatic rings. The molecule has 126 valence electrons. The monoisotopic (exact) mass is 344 g/mol. The van der Waals surface area contributed by atoms with E-state index in [0.717, 1.165) is 12.0 Å². The van der Waals surface area contributed by atoms with E-state index < -0.39 is 0 Å². The zero-order valence-electron chi connectivity index (χ0n) is 14.1. The molecule has 0 saturated carbocycles. The van der Waals surface area contributed by atoms with Crippen molar-refractivity contribution in [2.45, 2.75) is 27.2 Å². The molecular formula is C19H21ClN2O2. The molecule has 0 saturated heterocycles. The Kier molecular flexibility index (Phi) is 5.99. The SMILES string of the molecule is CCc1ccc(N(CC(=O)Nc2cccc(Cl)c2C)C(C)=O)cc1. The molecule has 0 unspecified atom stereocenters. The van der Waals surface area contributed by atoms with Crippen LogP contribution >= 0.6 is 11.6 Å². The van der Waals surface area contributed by atoms with Crippen LogP contribution in [0.4, 0.5) is 11.4 Å². The summed E-state index contributed by atoms with van der Waals surface area (Å²) in [7, 11) is 0. The number of carbonyl (C=O) groups is 2. The van der Waals surface area contributed by atoms with Gasteiger partial charge in [-0.1, -0.05) is 36.7 Å².